The number of fused-ring (bicyclic) bond motifs is 1. The van der Waals surface area contributed by atoms with Crippen LogP contribution in [0.1, 0.15) is 40.6 Å². The van der Waals surface area contributed by atoms with Crippen molar-refractivity contribution in [1.82, 2.24) is 0 Å². The number of allylic oxidation sites excluding steroid dienone is 1. The summed E-state index contributed by atoms with van der Waals surface area (Å²) in [6.07, 6.45) is 0. The molecule has 1 aromatic carbocycles. The SMILES string of the molecule is CC(=O)c1sc2c(c1N)C(c1ccccc1[N+](=O)[O-])C(C(=O)O)=C(C)N2. The fourth-order valence-electron chi connectivity index (χ4n) is 3.19. The van der Waals surface area contributed by atoms with Crippen molar-refractivity contribution in [2.75, 3.05) is 11.1 Å². The van der Waals surface area contributed by atoms with Crippen molar-refractivity contribution in [2.24, 2.45) is 0 Å². The molecule has 4 N–H and O–H groups in total. The lowest BCUT2D eigenvalue weighted by Gasteiger charge is -2.27. The zero-order valence-electron chi connectivity index (χ0n) is 13.9. The van der Waals surface area contributed by atoms with Gasteiger partial charge in [0.2, 0.25) is 0 Å². The lowest BCUT2D eigenvalue weighted by molar-refractivity contribution is -0.385. The number of carbonyl (C=O) groups excluding carboxylic acids is 1. The number of hydrogen-bond acceptors (Lipinski definition) is 7. The zero-order chi connectivity index (χ0) is 19.2. The molecule has 0 radical (unpaired) electrons. The second kappa shape index (κ2) is 6.26. The largest absolute Gasteiger partial charge is 0.478 e. The number of benzene rings is 1. The second-order valence-corrected chi connectivity index (χ2v) is 6.88. The zero-order valence-corrected chi connectivity index (χ0v) is 14.7. The molecule has 1 atom stereocenters. The number of nitrogen functional groups attached to an aromatic ring is 1. The fraction of sp³-hybridized carbons (Fsp3) is 0.176. The van der Waals surface area contributed by atoms with E-state index in [1.54, 1.807) is 13.0 Å². The highest BCUT2D eigenvalue weighted by Gasteiger charge is 2.39. The van der Waals surface area contributed by atoms with E-state index in [-0.39, 0.29) is 28.3 Å². The van der Waals surface area contributed by atoms with Gasteiger partial charge in [0, 0.05) is 29.8 Å². The molecule has 26 heavy (non-hydrogen) atoms. The van der Waals surface area contributed by atoms with E-state index < -0.39 is 16.8 Å². The smallest absolute Gasteiger partial charge is 0.334 e. The van der Waals surface area contributed by atoms with E-state index in [0.717, 1.165) is 11.3 Å². The number of carbonyl (C=O) groups is 2. The number of para-hydroxylation sites is 1. The Hall–Kier alpha value is -3.20. The number of nitro groups is 1. The average molecular weight is 373 g/mol. The molecule has 0 aliphatic carbocycles. The standard InChI is InChI=1S/C17H15N3O5S/c1-7-11(17(22)23)12(9-5-3-4-6-10(9)20(24)25)13-14(18)15(8(2)21)26-16(13)19-7/h3-6,12,19H,18H2,1-2H3,(H,22,23). The molecule has 8 nitrogen and oxygen atoms in total. The topological polar surface area (TPSA) is 136 Å². The Morgan fingerprint density at radius 1 is 1.35 bits per heavy atom. The molecule has 1 aliphatic heterocycles. The Labute approximate surface area is 152 Å². The fourth-order valence-corrected chi connectivity index (χ4v) is 4.30. The second-order valence-electron chi connectivity index (χ2n) is 5.86. The Morgan fingerprint density at radius 3 is 2.58 bits per heavy atom. The van der Waals surface area contributed by atoms with Crippen molar-refractivity contribution in [3.8, 4) is 0 Å². The number of anilines is 2. The summed E-state index contributed by atoms with van der Waals surface area (Å²) in [5.74, 6) is -2.41. The van der Waals surface area contributed by atoms with Crippen LogP contribution in [0.3, 0.4) is 0 Å². The van der Waals surface area contributed by atoms with Crippen LogP contribution in [0.25, 0.3) is 0 Å². The minimum absolute atomic E-state index is 0.0357. The van der Waals surface area contributed by atoms with E-state index in [4.69, 9.17) is 5.73 Å². The molecule has 1 aromatic heterocycles. The van der Waals surface area contributed by atoms with Gasteiger partial charge in [-0.2, -0.15) is 0 Å². The molecular formula is C17H15N3O5S. The van der Waals surface area contributed by atoms with Crippen LogP contribution in [-0.4, -0.2) is 21.8 Å². The number of thiophene rings is 1. The number of carboxylic acid groups (broad SMARTS) is 1. The summed E-state index contributed by atoms with van der Waals surface area (Å²) < 4.78 is 0. The van der Waals surface area contributed by atoms with Crippen LogP contribution in [0.15, 0.2) is 35.5 Å². The number of rotatable bonds is 4. The Balaban J connectivity index is 2.37. The number of nitrogens with one attached hydrogen (secondary N) is 1. The molecule has 0 fully saturated rings. The molecule has 3 rings (SSSR count). The third kappa shape index (κ3) is 2.62. The maximum Gasteiger partial charge on any atom is 0.334 e. The number of nitrogens with two attached hydrogens (primary N) is 1. The van der Waals surface area contributed by atoms with Crippen molar-refractivity contribution in [2.45, 2.75) is 19.8 Å². The van der Waals surface area contributed by atoms with Crippen molar-refractivity contribution >= 4 is 39.5 Å². The number of ketones is 1. The predicted molar refractivity (Wildman–Crippen MR) is 97.6 cm³/mol. The summed E-state index contributed by atoms with van der Waals surface area (Å²) in [5.41, 5.74) is 7.02. The quantitative estimate of drug-likeness (QED) is 0.425. The van der Waals surface area contributed by atoms with Gasteiger partial charge in [0.15, 0.2) is 5.78 Å². The highest BCUT2D eigenvalue weighted by Crippen LogP contribution is 2.51. The van der Waals surface area contributed by atoms with Crippen LogP contribution in [-0.2, 0) is 4.79 Å². The van der Waals surface area contributed by atoms with Gasteiger partial charge in [0.05, 0.1) is 32.0 Å². The maximum atomic E-state index is 11.9. The number of aliphatic carboxylic acids is 1. The molecule has 0 bridgehead atoms. The minimum atomic E-state index is -1.21. The molecule has 2 aromatic rings. The van der Waals surface area contributed by atoms with Crippen molar-refractivity contribution in [3.63, 3.8) is 0 Å². The predicted octanol–water partition coefficient (Wildman–Crippen LogP) is 3.36. The number of carboxylic acids is 1. The van der Waals surface area contributed by atoms with E-state index in [1.807, 2.05) is 0 Å². The molecule has 0 saturated heterocycles. The summed E-state index contributed by atoms with van der Waals surface area (Å²) >= 11 is 1.12. The Bertz CT molecular complexity index is 992. The van der Waals surface area contributed by atoms with E-state index in [0.29, 0.717) is 21.1 Å². The van der Waals surface area contributed by atoms with E-state index in [9.17, 15) is 24.8 Å². The summed E-state index contributed by atoms with van der Waals surface area (Å²) in [6.45, 7) is 2.95. The van der Waals surface area contributed by atoms with Crippen LogP contribution in [0.4, 0.5) is 16.4 Å². The average Bonchev–Trinajstić information content (AvgIpc) is 2.90. The minimum Gasteiger partial charge on any atom is -0.478 e. The number of Topliss-reactive ketones (excluding diaryl/α,β-unsaturated/α-hetero) is 1. The number of hydrogen-bond donors (Lipinski definition) is 3. The van der Waals surface area contributed by atoms with Crippen molar-refractivity contribution < 1.29 is 19.6 Å². The first-order valence-corrected chi connectivity index (χ1v) is 8.43. The summed E-state index contributed by atoms with van der Waals surface area (Å²) in [7, 11) is 0. The van der Waals surface area contributed by atoms with Crippen LogP contribution < -0.4 is 11.1 Å². The first-order chi connectivity index (χ1) is 12.2. The molecule has 0 spiro atoms. The first-order valence-electron chi connectivity index (χ1n) is 7.61. The Kier molecular flexibility index (Phi) is 4.25. The van der Waals surface area contributed by atoms with Gasteiger partial charge in [-0.3, -0.25) is 14.9 Å². The summed E-state index contributed by atoms with van der Waals surface area (Å²) in [6, 6.07) is 5.95. The third-order valence-corrected chi connectivity index (χ3v) is 5.50. The molecule has 9 heteroatoms. The molecular weight excluding hydrogens is 358 g/mol. The van der Waals surface area contributed by atoms with Gasteiger partial charge in [0.25, 0.3) is 5.69 Å². The van der Waals surface area contributed by atoms with Gasteiger partial charge in [-0.1, -0.05) is 18.2 Å². The molecule has 0 saturated carbocycles. The van der Waals surface area contributed by atoms with E-state index in [2.05, 4.69) is 5.32 Å². The van der Waals surface area contributed by atoms with E-state index >= 15 is 0 Å². The highest BCUT2D eigenvalue weighted by atomic mass is 32.1. The van der Waals surface area contributed by atoms with Gasteiger partial charge in [-0.05, 0) is 6.92 Å². The summed E-state index contributed by atoms with van der Waals surface area (Å²) in [5, 5.41) is 24.7. The van der Waals surface area contributed by atoms with Gasteiger partial charge in [-0.15, -0.1) is 11.3 Å². The van der Waals surface area contributed by atoms with Crippen LogP contribution in [0.2, 0.25) is 0 Å². The van der Waals surface area contributed by atoms with Gasteiger partial charge >= 0.3 is 5.97 Å². The molecule has 0 amide bonds. The van der Waals surface area contributed by atoms with Gasteiger partial charge < -0.3 is 16.2 Å². The van der Waals surface area contributed by atoms with Crippen LogP contribution in [0, 0.1) is 10.1 Å². The molecule has 1 aliphatic rings. The first kappa shape index (κ1) is 17.6. The van der Waals surface area contributed by atoms with Crippen LogP contribution >= 0.6 is 11.3 Å². The normalized spacial score (nSPS) is 16.0. The highest BCUT2D eigenvalue weighted by molar-refractivity contribution is 7.19. The van der Waals surface area contributed by atoms with Crippen LogP contribution in [0.5, 0.6) is 0 Å². The third-order valence-electron chi connectivity index (χ3n) is 4.26. The molecule has 2 heterocycles. The van der Waals surface area contributed by atoms with Gasteiger partial charge in [0.1, 0.15) is 0 Å². The monoisotopic (exact) mass is 373 g/mol. The lowest BCUT2D eigenvalue weighted by atomic mass is 9.81. The van der Waals surface area contributed by atoms with Gasteiger partial charge in [-0.25, -0.2) is 4.79 Å². The maximum absolute atomic E-state index is 11.9. The summed E-state index contributed by atoms with van der Waals surface area (Å²) in [4.78, 5) is 35.0. The van der Waals surface area contributed by atoms with E-state index in [1.165, 1.54) is 25.1 Å². The Morgan fingerprint density at radius 2 is 2.00 bits per heavy atom. The molecule has 1 unspecified atom stereocenters. The van der Waals surface area contributed by atoms with Crippen molar-refractivity contribution in [1.29, 1.82) is 0 Å². The number of nitrogens with zero attached hydrogens (tertiary/aromatic N) is 1. The lowest BCUT2D eigenvalue weighted by Crippen LogP contribution is -2.23. The number of nitro benzene ring substituents is 1. The molecule has 134 valence electrons. The van der Waals surface area contributed by atoms with Crippen molar-refractivity contribution in [3.05, 3.63) is 61.7 Å².